The van der Waals surface area contributed by atoms with Crippen LogP contribution >= 0.6 is 22.7 Å². The van der Waals surface area contributed by atoms with Crippen LogP contribution in [0.1, 0.15) is 75.9 Å². The summed E-state index contributed by atoms with van der Waals surface area (Å²) in [5.41, 5.74) is 0.621. The minimum absolute atomic E-state index is 0.0365. The van der Waals surface area contributed by atoms with E-state index in [1.165, 1.54) is 22.7 Å². The molecular formula is C21H24N2O4S2. The van der Waals surface area contributed by atoms with Crippen molar-refractivity contribution in [1.29, 1.82) is 0 Å². The predicted molar refractivity (Wildman–Crippen MR) is 114 cm³/mol. The van der Waals surface area contributed by atoms with Gasteiger partial charge in [-0.05, 0) is 30.9 Å². The van der Waals surface area contributed by atoms with Gasteiger partial charge in [0.1, 0.15) is 5.78 Å². The molecule has 1 aliphatic rings. The molecule has 0 radical (unpaired) electrons. The number of carbonyl (C=O) groups is 4. The SMILES string of the molecule is Cc1ccc(C(=O)CCC(=O)CCC(=O)Nc2nc3c(s2)C(=O)CC(C)(C)C3)s1. The lowest BCUT2D eigenvalue weighted by Gasteiger charge is -2.26. The normalized spacial score (nSPS) is 15.1. The van der Waals surface area contributed by atoms with E-state index in [4.69, 9.17) is 0 Å². The lowest BCUT2D eigenvalue weighted by Crippen LogP contribution is -2.26. The van der Waals surface area contributed by atoms with Crippen molar-refractivity contribution in [2.24, 2.45) is 5.41 Å². The molecule has 2 aromatic rings. The van der Waals surface area contributed by atoms with Gasteiger partial charge in [0.25, 0.3) is 0 Å². The zero-order valence-corrected chi connectivity index (χ0v) is 18.4. The molecular weight excluding hydrogens is 408 g/mol. The van der Waals surface area contributed by atoms with Crippen LogP contribution in [0, 0.1) is 12.3 Å². The summed E-state index contributed by atoms with van der Waals surface area (Å²) in [5.74, 6) is -0.398. The highest BCUT2D eigenvalue weighted by Gasteiger charge is 2.34. The molecule has 0 saturated carbocycles. The van der Waals surface area contributed by atoms with Crippen molar-refractivity contribution >= 4 is 51.1 Å². The molecule has 29 heavy (non-hydrogen) atoms. The van der Waals surface area contributed by atoms with Gasteiger partial charge in [-0.15, -0.1) is 11.3 Å². The Morgan fingerprint density at radius 2 is 1.79 bits per heavy atom. The van der Waals surface area contributed by atoms with Crippen molar-refractivity contribution in [3.8, 4) is 0 Å². The number of aryl methyl sites for hydroxylation is 1. The molecule has 2 heterocycles. The molecule has 0 spiro atoms. The fourth-order valence-corrected chi connectivity index (χ4v) is 5.06. The van der Waals surface area contributed by atoms with Gasteiger partial charge in [0.15, 0.2) is 16.7 Å². The summed E-state index contributed by atoms with van der Waals surface area (Å²) in [6.07, 6.45) is 1.61. The lowest BCUT2D eigenvalue weighted by molar-refractivity contribution is -0.122. The number of hydrogen-bond acceptors (Lipinski definition) is 7. The third-order valence-electron chi connectivity index (χ3n) is 4.76. The molecule has 154 valence electrons. The van der Waals surface area contributed by atoms with Gasteiger partial charge >= 0.3 is 0 Å². The maximum atomic E-state index is 12.2. The third kappa shape index (κ3) is 5.67. The number of thiazole rings is 1. The van der Waals surface area contributed by atoms with Crippen LogP contribution in [-0.4, -0.2) is 28.2 Å². The van der Waals surface area contributed by atoms with Gasteiger partial charge in [0.05, 0.1) is 15.4 Å². The van der Waals surface area contributed by atoms with E-state index in [2.05, 4.69) is 10.3 Å². The third-order valence-corrected chi connectivity index (χ3v) is 6.85. The molecule has 0 aromatic carbocycles. The Hall–Kier alpha value is -2.19. The highest BCUT2D eigenvalue weighted by atomic mass is 32.1. The number of Topliss-reactive ketones (excluding diaryl/α,β-unsaturated/α-hetero) is 3. The lowest BCUT2D eigenvalue weighted by atomic mass is 9.78. The first-order valence-electron chi connectivity index (χ1n) is 9.57. The van der Waals surface area contributed by atoms with E-state index >= 15 is 0 Å². The van der Waals surface area contributed by atoms with Gasteiger partial charge in [0.2, 0.25) is 5.91 Å². The van der Waals surface area contributed by atoms with E-state index in [0.717, 1.165) is 10.6 Å². The molecule has 0 saturated heterocycles. The summed E-state index contributed by atoms with van der Waals surface area (Å²) in [6, 6.07) is 3.66. The van der Waals surface area contributed by atoms with Gasteiger partial charge in [-0.2, -0.15) is 0 Å². The number of carbonyl (C=O) groups excluding carboxylic acids is 4. The second-order valence-electron chi connectivity index (χ2n) is 8.16. The molecule has 6 nitrogen and oxygen atoms in total. The molecule has 0 fully saturated rings. The van der Waals surface area contributed by atoms with Crippen LogP contribution in [0.3, 0.4) is 0 Å². The number of anilines is 1. The molecule has 3 rings (SSSR count). The Morgan fingerprint density at radius 3 is 2.48 bits per heavy atom. The Balaban J connectivity index is 1.45. The molecule has 1 aliphatic carbocycles. The largest absolute Gasteiger partial charge is 0.302 e. The van der Waals surface area contributed by atoms with E-state index < -0.39 is 0 Å². The van der Waals surface area contributed by atoms with Crippen molar-refractivity contribution in [3.05, 3.63) is 32.5 Å². The number of hydrogen-bond donors (Lipinski definition) is 1. The molecule has 0 aliphatic heterocycles. The standard InChI is InChI=1S/C21H24N2O4S2/c1-12-4-8-17(28-12)15(25)7-5-13(24)6-9-18(27)23-20-22-14-10-21(2,3)11-16(26)19(14)29-20/h4,8H,5-7,9-11H2,1-3H3,(H,22,23,27). The first-order chi connectivity index (χ1) is 13.6. The first-order valence-corrected chi connectivity index (χ1v) is 11.2. The minimum Gasteiger partial charge on any atom is -0.302 e. The summed E-state index contributed by atoms with van der Waals surface area (Å²) in [5, 5.41) is 3.10. The quantitative estimate of drug-likeness (QED) is 0.615. The van der Waals surface area contributed by atoms with Crippen LogP contribution in [0.15, 0.2) is 12.1 Å². The molecule has 0 bridgehead atoms. The number of rotatable bonds is 8. The van der Waals surface area contributed by atoms with Gasteiger partial charge < -0.3 is 5.32 Å². The number of fused-ring (bicyclic) bond motifs is 1. The Labute approximate surface area is 177 Å². The van der Waals surface area contributed by atoms with Crippen molar-refractivity contribution in [2.75, 3.05) is 5.32 Å². The fraction of sp³-hybridized carbons (Fsp3) is 0.476. The molecule has 2 aromatic heterocycles. The van der Waals surface area contributed by atoms with E-state index in [9.17, 15) is 19.2 Å². The van der Waals surface area contributed by atoms with E-state index in [-0.39, 0.29) is 54.4 Å². The number of thiophene rings is 1. The number of amides is 1. The molecule has 0 atom stereocenters. The van der Waals surface area contributed by atoms with Crippen molar-refractivity contribution in [1.82, 2.24) is 4.98 Å². The predicted octanol–water partition coefficient (Wildman–Crippen LogP) is 4.62. The second-order valence-corrected chi connectivity index (χ2v) is 10.4. The molecule has 8 heteroatoms. The number of ketones is 3. The monoisotopic (exact) mass is 432 g/mol. The molecule has 0 unspecified atom stereocenters. The van der Waals surface area contributed by atoms with Crippen LogP contribution in [-0.2, 0) is 16.0 Å². The van der Waals surface area contributed by atoms with E-state index in [1.54, 1.807) is 6.07 Å². The maximum Gasteiger partial charge on any atom is 0.226 e. The van der Waals surface area contributed by atoms with Crippen molar-refractivity contribution in [2.45, 2.75) is 59.3 Å². The van der Waals surface area contributed by atoms with Gasteiger partial charge in [-0.3, -0.25) is 19.2 Å². The Kier molecular flexibility index (Phi) is 6.43. The van der Waals surface area contributed by atoms with Crippen molar-refractivity contribution < 1.29 is 19.2 Å². The average Bonchev–Trinajstić information content (AvgIpc) is 3.23. The fourth-order valence-electron chi connectivity index (χ4n) is 3.29. The summed E-state index contributed by atoms with van der Waals surface area (Å²) >= 11 is 2.62. The number of nitrogens with zero attached hydrogens (tertiary/aromatic N) is 1. The van der Waals surface area contributed by atoms with E-state index in [1.807, 2.05) is 26.8 Å². The van der Waals surface area contributed by atoms with Crippen LogP contribution in [0.25, 0.3) is 0 Å². The zero-order valence-electron chi connectivity index (χ0n) is 16.8. The zero-order chi connectivity index (χ0) is 21.2. The van der Waals surface area contributed by atoms with Gasteiger partial charge in [-0.1, -0.05) is 25.2 Å². The topological polar surface area (TPSA) is 93.2 Å². The maximum absolute atomic E-state index is 12.2. The van der Waals surface area contributed by atoms with Crippen LogP contribution < -0.4 is 5.32 Å². The van der Waals surface area contributed by atoms with E-state index in [0.29, 0.717) is 27.7 Å². The number of aromatic nitrogens is 1. The summed E-state index contributed by atoms with van der Waals surface area (Å²) in [6.45, 7) is 5.99. The minimum atomic E-state index is -0.309. The summed E-state index contributed by atoms with van der Waals surface area (Å²) in [4.78, 5) is 55.2. The number of nitrogens with one attached hydrogen (secondary N) is 1. The van der Waals surface area contributed by atoms with Crippen LogP contribution in [0.5, 0.6) is 0 Å². The average molecular weight is 433 g/mol. The van der Waals surface area contributed by atoms with Gasteiger partial charge in [-0.25, -0.2) is 4.98 Å². The first kappa shape index (κ1) is 21.5. The Bertz CT molecular complexity index is 971. The summed E-state index contributed by atoms with van der Waals surface area (Å²) in [7, 11) is 0. The van der Waals surface area contributed by atoms with Crippen molar-refractivity contribution in [3.63, 3.8) is 0 Å². The van der Waals surface area contributed by atoms with Gasteiger partial charge in [0, 0.05) is 37.0 Å². The highest BCUT2D eigenvalue weighted by molar-refractivity contribution is 7.17. The smallest absolute Gasteiger partial charge is 0.226 e. The van der Waals surface area contributed by atoms with Crippen LogP contribution in [0.4, 0.5) is 5.13 Å². The highest BCUT2D eigenvalue weighted by Crippen LogP contribution is 2.38. The second kappa shape index (κ2) is 8.67. The summed E-state index contributed by atoms with van der Waals surface area (Å²) < 4.78 is 0. The molecule has 1 amide bonds. The molecule has 1 N–H and O–H groups in total. The Morgan fingerprint density at radius 1 is 1.07 bits per heavy atom. The van der Waals surface area contributed by atoms with Crippen LogP contribution in [0.2, 0.25) is 0 Å².